The lowest BCUT2D eigenvalue weighted by molar-refractivity contribution is 0.101. The van der Waals surface area contributed by atoms with Gasteiger partial charge in [0.1, 0.15) is 0 Å². The highest BCUT2D eigenvalue weighted by Gasteiger charge is 2.17. The lowest BCUT2D eigenvalue weighted by Gasteiger charge is -2.26. The maximum Gasteiger partial charge on any atom is 0.257 e. The maximum absolute atomic E-state index is 12.9. The molecular weight excluding hydrogens is 693 g/mol. The van der Waals surface area contributed by atoms with Crippen LogP contribution >= 0.6 is 0 Å². The van der Waals surface area contributed by atoms with Crippen LogP contribution in [0.5, 0.6) is 0 Å². The third-order valence-electron chi connectivity index (χ3n) is 9.87. The summed E-state index contributed by atoms with van der Waals surface area (Å²) in [6.45, 7) is 10.9. The molecule has 0 aliphatic heterocycles. The van der Waals surface area contributed by atoms with Crippen LogP contribution < -0.4 is 20.4 Å². The van der Waals surface area contributed by atoms with Gasteiger partial charge in [0, 0.05) is 54.9 Å². The smallest absolute Gasteiger partial charge is 0.257 e. The standard InChI is InChI=1S/C25H31N3O.C23H27N3O/c1-3-4-5-6-7-10-17-28(2)23-15-13-20(14-16-23)25(29)27-22-18-21-11-8-9-12-24(21)26-19-22;1-23(2,3)13-14-26(4)21-12-8-6-10-19(21)22(27)25-18-15-17-9-5-7-11-20(17)24-16-18/h8-9,11-16,18-19H,3-7,10,17H2,1-2H3,(H,27,29);5-12,15-16H,13-14H2,1-4H3,(H,25,27). The second-order valence-corrected chi connectivity index (χ2v) is 15.7. The van der Waals surface area contributed by atoms with Crippen molar-refractivity contribution in [1.82, 2.24) is 9.97 Å². The molecule has 292 valence electrons. The summed E-state index contributed by atoms with van der Waals surface area (Å²) in [4.78, 5) is 38.7. The fraction of sp³-hybridized carbons (Fsp3) is 0.333. The zero-order chi connectivity index (χ0) is 39.9. The van der Waals surface area contributed by atoms with E-state index in [1.54, 1.807) is 12.4 Å². The Bertz CT molecular complexity index is 2180. The van der Waals surface area contributed by atoms with E-state index in [2.05, 4.69) is 65.1 Å². The van der Waals surface area contributed by atoms with E-state index < -0.39 is 0 Å². The Morgan fingerprint density at radius 1 is 0.607 bits per heavy atom. The van der Waals surface area contributed by atoms with Crippen LogP contribution in [0.15, 0.2) is 122 Å². The number of fused-ring (bicyclic) bond motifs is 2. The van der Waals surface area contributed by atoms with E-state index in [0.29, 0.717) is 22.5 Å². The third-order valence-corrected chi connectivity index (χ3v) is 9.87. The van der Waals surface area contributed by atoms with Crippen LogP contribution in [0.4, 0.5) is 22.7 Å². The van der Waals surface area contributed by atoms with E-state index in [9.17, 15) is 9.59 Å². The molecule has 4 aromatic carbocycles. The molecule has 2 heterocycles. The highest BCUT2D eigenvalue weighted by atomic mass is 16.2. The molecular formula is C48H58N6O2. The Morgan fingerprint density at radius 2 is 1.14 bits per heavy atom. The predicted molar refractivity (Wildman–Crippen MR) is 236 cm³/mol. The summed E-state index contributed by atoms with van der Waals surface area (Å²) in [6.07, 6.45) is 12.2. The molecule has 2 N–H and O–H groups in total. The monoisotopic (exact) mass is 750 g/mol. The lowest BCUT2D eigenvalue weighted by atomic mass is 9.92. The van der Waals surface area contributed by atoms with Crippen molar-refractivity contribution in [3.8, 4) is 0 Å². The quantitative estimate of drug-likeness (QED) is 0.102. The zero-order valence-corrected chi connectivity index (χ0v) is 34.0. The van der Waals surface area contributed by atoms with E-state index in [-0.39, 0.29) is 17.2 Å². The second-order valence-electron chi connectivity index (χ2n) is 15.7. The molecule has 8 nitrogen and oxygen atoms in total. The zero-order valence-electron chi connectivity index (χ0n) is 34.0. The largest absolute Gasteiger partial charge is 0.375 e. The molecule has 56 heavy (non-hydrogen) atoms. The molecule has 0 spiro atoms. The van der Waals surface area contributed by atoms with Crippen molar-refractivity contribution in [3.05, 3.63) is 133 Å². The number of benzene rings is 4. The molecule has 2 amide bonds. The SMILES string of the molecule is CCCCCCCCN(C)c1ccc(C(=O)Nc2cnc3ccccc3c2)cc1.CN(CCC(C)(C)C)c1ccccc1C(=O)Nc1cnc2ccccc2c1. The van der Waals surface area contributed by atoms with Gasteiger partial charge in [0.15, 0.2) is 0 Å². The first-order chi connectivity index (χ1) is 27.0. The Hall–Kier alpha value is -5.76. The Kier molecular flexibility index (Phi) is 15.0. The Morgan fingerprint density at radius 3 is 1.75 bits per heavy atom. The van der Waals surface area contributed by atoms with Crippen LogP contribution in [0, 0.1) is 5.41 Å². The van der Waals surface area contributed by atoms with E-state index in [1.807, 2.05) is 116 Å². The first kappa shape index (κ1) is 41.4. The molecule has 0 fully saturated rings. The fourth-order valence-electron chi connectivity index (χ4n) is 6.43. The van der Waals surface area contributed by atoms with Crippen molar-refractivity contribution in [3.63, 3.8) is 0 Å². The molecule has 0 aliphatic rings. The van der Waals surface area contributed by atoms with Crippen LogP contribution in [0.25, 0.3) is 21.8 Å². The number of para-hydroxylation sites is 3. The normalized spacial score (nSPS) is 11.1. The fourth-order valence-corrected chi connectivity index (χ4v) is 6.43. The molecule has 8 heteroatoms. The van der Waals surface area contributed by atoms with Crippen molar-refractivity contribution in [2.45, 2.75) is 72.6 Å². The number of nitrogens with zero attached hydrogens (tertiary/aromatic N) is 4. The number of nitrogens with one attached hydrogen (secondary N) is 2. The topological polar surface area (TPSA) is 90.5 Å². The number of carbonyl (C=O) groups excluding carboxylic acids is 2. The van der Waals surface area contributed by atoms with Crippen LogP contribution in [-0.4, -0.2) is 49.0 Å². The average molecular weight is 751 g/mol. The van der Waals surface area contributed by atoms with Gasteiger partial charge in [-0.2, -0.15) is 0 Å². The second kappa shape index (κ2) is 20.2. The van der Waals surface area contributed by atoms with Crippen molar-refractivity contribution in [2.75, 3.05) is 47.6 Å². The number of anilines is 4. The highest BCUT2D eigenvalue weighted by molar-refractivity contribution is 6.08. The maximum atomic E-state index is 12.9. The average Bonchev–Trinajstić information content (AvgIpc) is 3.21. The van der Waals surface area contributed by atoms with Crippen molar-refractivity contribution >= 4 is 56.4 Å². The van der Waals surface area contributed by atoms with Gasteiger partial charge in [0.25, 0.3) is 11.8 Å². The summed E-state index contributed by atoms with van der Waals surface area (Å²) in [5.74, 6) is -0.238. The summed E-state index contributed by atoms with van der Waals surface area (Å²) in [6, 6.07) is 35.2. The molecule has 0 radical (unpaired) electrons. The van der Waals surface area contributed by atoms with Gasteiger partial charge in [-0.1, -0.05) is 108 Å². The highest BCUT2D eigenvalue weighted by Crippen LogP contribution is 2.25. The number of hydrogen-bond donors (Lipinski definition) is 2. The molecule has 2 aromatic heterocycles. The number of carbonyl (C=O) groups is 2. The number of amides is 2. The van der Waals surface area contributed by atoms with Crippen molar-refractivity contribution < 1.29 is 9.59 Å². The molecule has 0 aliphatic carbocycles. The molecule has 6 aromatic rings. The summed E-state index contributed by atoms with van der Waals surface area (Å²) >= 11 is 0. The minimum Gasteiger partial charge on any atom is -0.375 e. The van der Waals surface area contributed by atoms with Gasteiger partial charge >= 0.3 is 0 Å². The summed E-state index contributed by atoms with van der Waals surface area (Å²) < 4.78 is 0. The van der Waals surface area contributed by atoms with Crippen LogP contribution in [-0.2, 0) is 0 Å². The number of rotatable bonds is 15. The molecule has 0 saturated carbocycles. The summed E-state index contributed by atoms with van der Waals surface area (Å²) in [5, 5.41) is 7.95. The van der Waals surface area contributed by atoms with Crippen LogP contribution in [0.1, 0.15) is 93.4 Å². The summed E-state index contributed by atoms with van der Waals surface area (Å²) in [5.41, 5.74) is 6.89. The number of hydrogen-bond acceptors (Lipinski definition) is 6. The van der Waals surface area contributed by atoms with Crippen molar-refractivity contribution in [2.24, 2.45) is 5.41 Å². The number of pyridine rings is 2. The van der Waals surface area contributed by atoms with Gasteiger partial charge in [-0.05, 0) is 78.9 Å². The van der Waals surface area contributed by atoms with Gasteiger partial charge in [0.2, 0.25) is 0 Å². The molecule has 0 unspecified atom stereocenters. The minimum absolute atomic E-state index is 0.118. The van der Waals surface area contributed by atoms with E-state index >= 15 is 0 Å². The molecule has 6 rings (SSSR count). The van der Waals surface area contributed by atoms with E-state index in [0.717, 1.165) is 52.7 Å². The summed E-state index contributed by atoms with van der Waals surface area (Å²) in [7, 11) is 4.15. The number of unbranched alkanes of at least 4 members (excludes halogenated alkanes) is 5. The van der Waals surface area contributed by atoms with Gasteiger partial charge in [-0.15, -0.1) is 0 Å². The van der Waals surface area contributed by atoms with Crippen LogP contribution in [0.2, 0.25) is 0 Å². The van der Waals surface area contributed by atoms with Crippen LogP contribution in [0.3, 0.4) is 0 Å². The first-order valence-electron chi connectivity index (χ1n) is 19.9. The molecule has 0 bridgehead atoms. The van der Waals surface area contributed by atoms with E-state index in [4.69, 9.17) is 0 Å². The predicted octanol–water partition coefficient (Wildman–Crippen LogP) is 11.6. The molecule has 0 saturated heterocycles. The van der Waals surface area contributed by atoms with E-state index in [1.165, 1.54) is 38.5 Å². The number of aromatic nitrogens is 2. The first-order valence-corrected chi connectivity index (χ1v) is 19.9. The third kappa shape index (κ3) is 12.4. The van der Waals surface area contributed by atoms with Gasteiger partial charge < -0.3 is 20.4 Å². The van der Waals surface area contributed by atoms with Gasteiger partial charge in [-0.3, -0.25) is 19.6 Å². The van der Waals surface area contributed by atoms with Gasteiger partial charge in [0.05, 0.1) is 40.4 Å². The molecule has 0 atom stereocenters. The minimum atomic E-state index is -0.120. The van der Waals surface area contributed by atoms with Gasteiger partial charge in [-0.25, -0.2) is 0 Å². The lowest BCUT2D eigenvalue weighted by Crippen LogP contribution is -2.25. The van der Waals surface area contributed by atoms with Crippen molar-refractivity contribution in [1.29, 1.82) is 0 Å². The Balaban J connectivity index is 0.000000215. The Labute approximate surface area is 333 Å².